The Morgan fingerprint density at radius 2 is 1.44 bits per heavy atom. The van der Waals surface area contributed by atoms with E-state index in [9.17, 15) is 0 Å². The number of hydrogen-bond acceptors (Lipinski definition) is 1. The zero-order chi connectivity index (χ0) is 11.3. The predicted molar refractivity (Wildman–Crippen MR) is 64.5 cm³/mol. The van der Waals surface area contributed by atoms with E-state index in [2.05, 4.69) is 13.0 Å². The molecule has 4 bridgehead atoms. The third kappa shape index (κ3) is 1.43. The van der Waals surface area contributed by atoms with Crippen LogP contribution in [0.2, 0.25) is 0 Å². The molecule has 0 saturated heterocycles. The third-order valence-electron chi connectivity index (χ3n) is 5.49. The van der Waals surface area contributed by atoms with Gasteiger partial charge in [-0.05, 0) is 75.5 Å². The molecule has 1 nitrogen and oxygen atoms in total. The predicted octanol–water partition coefficient (Wildman–Crippen LogP) is 3.92. The number of hydrogen-bond donors (Lipinski definition) is 0. The van der Waals surface area contributed by atoms with Crippen LogP contribution < -0.4 is 0 Å². The van der Waals surface area contributed by atoms with E-state index in [0.717, 1.165) is 35.2 Å². The van der Waals surface area contributed by atoms with E-state index in [1.807, 2.05) is 6.92 Å². The second-order valence-corrected chi connectivity index (χ2v) is 6.38. The zero-order valence-corrected chi connectivity index (χ0v) is 10.4. The van der Waals surface area contributed by atoms with E-state index in [-0.39, 0.29) is 0 Å². The first kappa shape index (κ1) is 10.4. The van der Waals surface area contributed by atoms with Crippen molar-refractivity contribution in [2.45, 2.75) is 46.0 Å². The van der Waals surface area contributed by atoms with E-state index in [1.165, 1.54) is 37.7 Å². The topological polar surface area (TPSA) is 23.8 Å². The minimum absolute atomic E-state index is 0.757. The van der Waals surface area contributed by atoms with E-state index < -0.39 is 0 Å². The summed E-state index contributed by atoms with van der Waals surface area (Å²) in [6.07, 6.45) is 7.32. The molecule has 86 valence electrons. The summed E-state index contributed by atoms with van der Waals surface area (Å²) in [5, 5.41) is 9.05. The average molecular weight is 215 g/mol. The van der Waals surface area contributed by atoms with Crippen molar-refractivity contribution in [2.75, 3.05) is 0 Å². The quantitative estimate of drug-likeness (QED) is 0.608. The molecule has 1 heteroatoms. The van der Waals surface area contributed by atoms with Crippen LogP contribution in [0.4, 0.5) is 0 Å². The summed E-state index contributed by atoms with van der Waals surface area (Å²) in [4.78, 5) is 0. The Bertz CT molecular complexity index is 343. The summed E-state index contributed by atoms with van der Waals surface area (Å²) < 4.78 is 0. The normalized spacial score (nSPS) is 46.4. The average Bonchev–Trinajstić information content (AvgIpc) is 2.26. The largest absolute Gasteiger partial charge is 0.193 e. The number of nitriles is 1. The lowest BCUT2D eigenvalue weighted by Gasteiger charge is -2.55. The van der Waals surface area contributed by atoms with Crippen molar-refractivity contribution in [1.82, 2.24) is 0 Å². The molecule has 0 spiro atoms. The van der Waals surface area contributed by atoms with Crippen molar-refractivity contribution in [3.8, 4) is 6.07 Å². The maximum Gasteiger partial charge on any atom is 0.0943 e. The molecule has 0 aromatic carbocycles. The van der Waals surface area contributed by atoms with Gasteiger partial charge in [-0.1, -0.05) is 5.57 Å². The monoisotopic (exact) mass is 215 g/mol. The van der Waals surface area contributed by atoms with Gasteiger partial charge >= 0.3 is 0 Å². The molecule has 0 N–H and O–H groups in total. The summed E-state index contributed by atoms with van der Waals surface area (Å²) in [6, 6.07) is 2.35. The summed E-state index contributed by atoms with van der Waals surface area (Å²) in [7, 11) is 0. The zero-order valence-electron chi connectivity index (χ0n) is 10.4. The van der Waals surface area contributed by atoms with Crippen LogP contribution in [0.25, 0.3) is 0 Å². The Balaban J connectivity index is 1.90. The highest BCUT2D eigenvalue weighted by Crippen LogP contribution is 2.58. The van der Waals surface area contributed by atoms with Gasteiger partial charge in [0.05, 0.1) is 6.07 Å². The Labute approximate surface area is 98.5 Å². The molecule has 4 rings (SSSR count). The first-order valence-electron chi connectivity index (χ1n) is 6.76. The molecule has 0 heterocycles. The lowest BCUT2D eigenvalue weighted by atomic mass is 9.50. The molecule has 0 aromatic heterocycles. The Kier molecular flexibility index (Phi) is 2.35. The lowest BCUT2D eigenvalue weighted by Crippen LogP contribution is -2.45. The Morgan fingerprint density at radius 3 is 1.88 bits per heavy atom. The van der Waals surface area contributed by atoms with E-state index in [0.29, 0.717) is 0 Å². The molecule has 0 radical (unpaired) electrons. The number of allylic oxidation sites excluding steroid dienone is 2. The van der Waals surface area contributed by atoms with Crippen LogP contribution >= 0.6 is 0 Å². The summed E-state index contributed by atoms with van der Waals surface area (Å²) in [5.41, 5.74) is 2.40. The maximum absolute atomic E-state index is 9.05. The molecule has 0 unspecified atom stereocenters. The van der Waals surface area contributed by atoms with E-state index in [4.69, 9.17) is 5.26 Å². The summed E-state index contributed by atoms with van der Waals surface area (Å²) >= 11 is 0. The fraction of sp³-hybridized carbons (Fsp3) is 0.800. The van der Waals surface area contributed by atoms with Gasteiger partial charge in [0.1, 0.15) is 0 Å². The fourth-order valence-electron chi connectivity index (χ4n) is 4.97. The first-order chi connectivity index (χ1) is 7.69. The second-order valence-electron chi connectivity index (χ2n) is 6.38. The van der Waals surface area contributed by atoms with Gasteiger partial charge in [0.2, 0.25) is 0 Å². The highest BCUT2D eigenvalue weighted by molar-refractivity contribution is 5.28. The van der Waals surface area contributed by atoms with Crippen molar-refractivity contribution in [3.05, 3.63) is 11.1 Å². The first-order valence-corrected chi connectivity index (χ1v) is 6.76. The molecular formula is C15H21N. The Morgan fingerprint density at radius 1 is 0.938 bits per heavy atom. The van der Waals surface area contributed by atoms with Crippen LogP contribution in [0, 0.1) is 40.9 Å². The van der Waals surface area contributed by atoms with Crippen LogP contribution in [0.5, 0.6) is 0 Å². The van der Waals surface area contributed by atoms with E-state index >= 15 is 0 Å². The van der Waals surface area contributed by atoms with Gasteiger partial charge in [-0.25, -0.2) is 0 Å². The lowest BCUT2D eigenvalue weighted by molar-refractivity contribution is -0.0210. The molecule has 0 amide bonds. The second kappa shape index (κ2) is 3.62. The highest BCUT2D eigenvalue weighted by atomic mass is 14.5. The summed E-state index contributed by atoms with van der Waals surface area (Å²) in [5.74, 6) is 4.66. The van der Waals surface area contributed by atoms with Gasteiger partial charge in [-0.2, -0.15) is 5.26 Å². The van der Waals surface area contributed by atoms with Crippen LogP contribution in [0.15, 0.2) is 11.1 Å². The van der Waals surface area contributed by atoms with E-state index in [1.54, 1.807) is 0 Å². The Hall–Kier alpha value is -0.770. The molecule has 0 aromatic rings. The standard InChI is InChI=1S/C15H21N/c1-9(8-16)10(2)15-13-4-11-3-12(6-13)7-14(15)5-11/h11-15H,3-7H2,1-2H3/b10-9+. The summed E-state index contributed by atoms with van der Waals surface area (Å²) in [6.45, 7) is 4.21. The minimum Gasteiger partial charge on any atom is -0.193 e. The van der Waals surface area contributed by atoms with Crippen LogP contribution in [0.1, 0.15) is 46.0 Å². The molecule has 16 heavy (non-hydrogen) atoms. The molecule has 4 aliphatic carbocycles. The van der Waals surface area contributed by atoms with Crippen LogP contribution in [-0.2, 0) is 0 Å². The van der Waals surface area contributed by atoms with Gasteiger partial charge in [-0.3, -0.25) is 0 Å². The maximum atomic E-state index is 9.05. The van der Waals surface area contributed by atoms with Gasteiger partial charge in [-0.15, -0.1) is 0 Å². The molecule has 4 aliphatic rings. The number of rotatable bonds is 1. The molecule has 4 saturated carbocycles. The highest BCUT2D eigenvalue weighted by Gasteiger charge is 2.48. The van der Waals surface area contributed by atoms with Crippen molar-refractivity contribution >= 4 is 0 Å². The van der Waals surface area contributed by atoms with Gasteiger partial charge in [0.25, 0.3) is 0 Å². The van der Waals surface area contributed by atoms with Crippen molar-refractivity contribution in [3.63, 3.8) is 0 Å². The fourth-order valence-corrected chi connectivity index (χ4v) is 4.97. The number of nitrogens with zero attached hydrogens (tertiary/aromatic N) is 1. The molecule has 0 atom stereocenters. The SMILES string of the molecule is C/C(C#N)=C(/C)C1C2CC3CC(C2)CC1C3. The minimum atomic E-state index is 0.757. The van der Waals surface area contributed by atoms with Crippen molar-refractivity contribution in [1.29, 1.82) is 5.26 Å². The van der Waals surface area contributed by atoms with Crippen molar-refractivity contribution < 1.29 is 0 Å². The van der Waals surface area contributed by atoms with Crippen LogP contribution in [-0.4, -0.2) is 0 Å². The third-order valence-corrected chi connectivity index (χ3v) is 5.49. The van der Waals surface area contributed by atoms with Crippen LogP contribution in [0.3, 0.4) is 0 Å². The van der Waals surface area contributed by atoms with Gasteiger partial charge in [0, 0.05) is 5.57 Å². The van der Waals surface area contributed by atoms with Gasteiger partial charge < -0.3 is 0 Å². The van der Waals surface area contributed by atoms with Gasteiger partial charge in [0.15, 0.2) is 0 Å². The van der Waals surface area contributed by atoms with Crippen molar-refractivity contribution in [2.24, 2.45) is 29.6 Å². The molecule has 4 fully saturated rings. The smallest absolute Gasteiger partial charge is 0.0943 e. The molecular weight excluding hydrogens is 194 g/mol. The molecule has 0 aliphatic heterocycles.